The van der Waals surface area contributed by atoms with Crippen LogP contribution in [0.5, 0.6) is 0 Å². The van der Waals surface area contributed by atoms with Crippen LogP contribution in [-0.2, 0) is 0 Å². The second kappa shape index (κ2) is 7.11. The summed E-state index contributed by atoms with van der Waals surface area (Å²) in [4.78, 5) is 27.1. The van der Waals surface area contributed by atoms with Crippen LogP contribution in [0.15, 0.2) is 16.4 Å². The molecular weight excluding hydrogens is 410 g/mol. The van der Waals surface area contributed by atoms with Gasteiger partial charge in [-0.2, -0.15) is 5.10 Å². The first kappa shape index (κ1) is 19.6. The number of halogens is 2. The molecule has 160 valence electrons. The fraction of sp³-hybridized carbons (Fsp3) is 0.600. The minimum absolute atomic E-state index is 0.0956. The van der Waals surface area contributed by atoms with Crippen LogP contribution in [0.25, 0.3) is 11.0 Å². The van der Waals surface area contributed by atoms with Gasteiger partial charge in [-0.3, -0.25) is 4.79 Å². The van der Waals surface area contributed by atoms with Gasteiger partial charge in [0.25, 0.3) is 5.56 Å². The predicted octanol–water partition coefficient (Wildman–Crippen LogP) is 4.05. The van der Waals surface area contributed by atoms with Crippen molar-refractivity contribution in [2.45, 2.75) is 62.3 Å². The van der Waals surface area contributed by atoms with E-state index in [2.05, 4.69) is 15.5 Å². The summed E-state index contributed by atoms with van der Waals surface area (Å²) in [6, 6.07) is -0.150. The lowest BCUT2D eigenvalue weighted by Crippen LogP contribution is -2.28. The molecule has 0 radical (unpaired) electrons. The molecule has 0 saturated heterocycles. The lowest BCUT2D eigenvalue weighted by atomic mass is 9.71. The zero-order chi connectivity index (χ0) is 21.0. The topological polar surface area (TPSA) is 79.7 Å². The highest BCUT2D eigenvalue weighted by Crippen LogP contribution is 2.48. The highest BCUT2D eigenvalue weighted by Gasteiger charge is 2.39. The van der Waals surface area contributed by atoms with Gasteiger partial charge in [-0.05, 0) is 25.7 Å². The van der Waals surface area contributed by atoms with Crippen molar-refractivity contribution < 1.29 is 8.78 Å². The van der Waals surface area contributed by atoms with E-state index in [1.54, 1.807) is 16.0 Å². The van der Waals surface area contributed by atoms with Crippen LogP contribution in [0, 0.1) is 0 Å². The van der Waals surface area contributed by atoms with Gasteiger partial charge < -0.3 is 9.88 Å². The van der Waals surface area contributed by atoms with Crippen LogP contribution in [0.3, 0.4) is 0 Å². The zero-order valence-corrected chi connectivity index (χ0v) is 17.8. The van der Waals surface area contributed by atoms with Gasteiger partial charge in [-0.25, -0.2) is 23.4 Å². The first-order valence-corrected chi connectivity index (χ1v) is 11.2. The van der Waals surface area contributed by atoms with Gasteiger partial charge in [-0.1, -0.05) is 0 Å². The smallest absolute Gasteiger partial charge is 0.262 e. The third kappa shape index (κ3) is 3.30. The molecule has 2 saturated carbocycles. The number of fused-ring (bicyclic) bond motifs is 1. The van der Waals surface area contributed by atoms with E-state index in [1.165, 1.54) is 6.20 Å². The molecule has 3 aromatic heterocycles. The maximum Gasteiger partial charge on any atom is 0.262 e. The molecule has 2 aliphatic carbocycles. The minimum atomic E-state index is -2.60. The molecule has 0 spiro atoms. The molecule has 0 amide bonds. The van der Waals surface area contributed by atoms with Crippen molar-refractivity contribution in [3.05, 3.63) is 33.4 Å². The van der Waals surface area contributed by atoms with Crippen LogP contribution in [-0.4, -0.2) is 44.8 Å². The van der Waals surface area contributed by atoms with Gasteiger partial charge in [0, 0.05) is 44.2 Å². The molecule has 7 nitrogen and oxygen atoms in total. The van der Waals surface area contributed by atoms with Crippen LogP contribution in [0.1, 0.15) is 67.9 Å². The fourth-order valence-electron chi connectivity index (χ4n) is 4.50. The third-order valence-corrected chi connectivity index (χ3v) is 7.44. The standard InChI is InChI=1S/C20H24F2N6OS/c1-27(2)19-24-15(10-30-19)12-3-4-13(12)16-25-17-14(18(29)26-16)9-23-28(17)11-5-7-20(21,22)8-6-11/h9-13H,3-8H2,1-2H3,(H,25,26,29)/t12?,13-/m1/s1. The average molecular weight is 435 g/mol. The molecule has 3 heterocycles. The molecule has 2 fully saturated rings. The van der Waals surface area contributed by atoms with E-state index >= 15 is 0 Å². The van der Waals surface area contributed by atoms with Crippen molar-refractivity contribution >= 4 is 27.5 Å². The van der Waals surface area contributed by atoms with Gasteiger partial charge >= 0.3 is 0 Å². The molecule has 3 aromatic rings. The van der Waals surface area contributed by atoms with Crippen molar-refractivity contribution in [3.63, 3.8) is 0 Å². The molecule has 0 bridgehead atoms. The molecule has 10 heteroatoms. The first-order valence-electron chi connectivity index (χ1n) is 10.3. The van der Waals surface area contributed by atoms with E-state index in [0.29, 0.717) is 29.7 Å². The minimum Gasteiger partial charge on any atom is -0.354 e. The lowest BCUT2D eigenvalue weighted by Gasteiger charge is -2.34. The average Bonchev–Trinajstić information content (AvgIpc) is 3.29. The Bertz CT molecular complexity index is 1130. The molecule has 5 rings (SSSR count). The van der Waals surface area contributed by atoms with E-state index in [9.17, 15) is 13.6 Å². The number of nitrogens with one attached hydrogen (secondary N) is 1. The molecule has 0 aromatic carbocycles. The van der Waals surface area contributed by atoms with Crippen LogP contribution in [0.4, 0.5) is 13.9 Å². The number of hydrogen-bond acceptors (Lipinski definition) is 6. The van der Waals surface area contributed by atoms with Gasteiger partial charge in [0.05, 0.1) is 17.9 Å². The zero-order valence-electron chi connectivity index (χ0n) is 16.9. The molecule has 2 aliphatic rings. The van der Waals surface area contributed by atoms with E-state index in [4.69, 9.17) is 9.97 Å². The molecular formula is C20H24F2N6OS. The second-order valence-electron chi connectivity index (χ2n) is 8.60. The summed E-state index contributed by atoms with van der Waals surface area (Å²) >= 11 is 1.61. The summed E-state index contributed by atoms with van der Waals surface area (Å²) in [5.74, 6) is -1.64. The van der Waals surface area contributed by atoms with Crippen molar-refractivity contribution in [2.75, 3.05) is 19.0 Å². The van der Waals surface area contributed by atoms with Crippen molar-refractivity contribution in [2.24, 2.45) is 0 Å². The Morgan fingerprint density at radius 1 is 1.17 bits per heavy atom. The Kier molecular flexibility index (Phi) is 4.64. The van der Waals surface area contributed by atoms with Crippen LogP contribution in [0.2, 0.25) is 0 Å². The third-order valence-electron chi connectivity index (χ3n) is 6.41. The number of alkyl halides is 2. The number of thiazole rings is 1. The second-order valence-corrected chi connectivity index (χ2v) is 9.44. The van der Waals surface area contributed by atoms with Crippen molar-refractivity contribution in [1.82, 2.24) is 24.7 Å². The number of H-pyrrole nitrogens is 1. The molecule has 1 N–H and O–H groups in total. The van der Waals surface area contributed by atoms with Crippen LogP contribution < -0.4 is 10.5 Å². The largest absolute Gasteiger partial charge is 0.354 e. The summed E-state index contributed by atoms with van der Waals surface area (Å²) in [6.07, 6.45) is 3.80. The number of nitrogens with zero attached hydrogens (tertiary/aromatic N) is 5. The lowest BCUT2D eigenvalue weighted by molar-refractivity contribution is -0.0446. The summed E-state index contributed by atoms with van der Waals surface area (Å²) in [5, 5.41) is 7.79. The Morgan fingerprint density at radius 3 is 2.53 bits per heavy atom. The van der Waals surface area contributed by atoms with E-state index in [-0.39, 0.29) is 36.3 Å². The number of aromatic amines is 1. The number of hydrogen-bond donors (Lipinski definition) is 1. The van der Waals surface area contributed by atoms with Gasteiger partial charge in [0.2, 0.25) is 5.92 Å². The van der Waals surface area contributed by atoms with Gasteiger partial charge in [0.15, 0.2) is 10.8 Å². The van der Waals surface area contributed by atoms with Crippen molar-refractivity contribution in [1.29, 1.82) is 0 Å². The number of rotatable bonds is 4. The van der Waals surface area contributed by atoms with Gasteiger partial charge in [-0.15, -0.1) is 11.3 Å². The van der Waals surface area contributed by atoms with Crippen LogP contribution >= 0.6 is 11.3 Å². The molecule has 30 heavy (non-hydrogen) atoms. The Labute approximate surface area is 176 Å². The van der Waals surface area contributed by atoms with E-state index in [0.717, 1.165) is 23.7 Å². The number of aromatic nitrogens is 5. The van der Waals surface area contributed by atoms with E-state index in [1.807, 2.05) is 19.0 Å². The fourth-order valence-corrected chi connectivity index (χ4v) is 5.32. The molecule has 1 unspecified atom stereocenters. The van der Waals surface area contributed by atoms with Crippen molar-refractivity contribution in [3.8, 4) is 0 Å². The predicted molar refractivity (Wildman–Crippen MR) is 112 cm³/mol. The molecule has 2 atom stereocenters. The quantitative estimate of drug-likeness (QED) is 0.670. The van der Waals surface area contributed by atoms with Gasteiger partial charge in [0.1, 0.15) is 11.2 Å². The van der Waals surface area contributed by atoms with E-state index < -0.39 is 5.92 Å². The summed E-state index contributed by atoms with van der Waals surface area (Å²) in [5.41, 5.74) is 1.31. The Balaban J connectivity index is 1.46. The highest BCUT2D eigenvalue weighted by molar-refractivity contribution is 7.13. The molecule has 0 aliphatic heterocycles. The SMILES string of the molecule is CN(C)c1nc(C2CC[C@H]2c2nc3c(cnn3C3CCC(F)(F)CC3)c(=O)[nH]2)cs1. The summed E-state index contributed by atoms with van der Waals surface area (Å²) in [7, 11) is 3.94. The first-order chi connectivity index (χ1) is 14.3. The normalized spacial score (nSPS) is 24.1. The Morgan fingerprint density at radius 2 is 1.90 bits per heavy atom. The maximum atomic E-state index is 13.6. The summed E-state index contributed by atoms with van der Waals surface area (Å²) in [6.45, 7) is 0. The monoisotopic (exact) mass is 434 g/mol. The highest BCUT2D eigenvalue weighted by atomic mass is 32.1. The number of anilines is 1. The Hall–Kier alpha value is -2.36. The maximum absolute atomic E-state index is 13.6. The summed E-state index contributed by atoms with van der Waals surface area (Å²) < 4.78 is 28.8.